The summed E-state index contributed by atoms with van der Waals surface area (Å²) >= 11 is 0. The van der Waals surface area contributed by atoms with Gasteiger partial charge in [0, 0.05) is 12.6 Å². The van der Waals surface area contributed by atoms with Crippen LogP contribution in [0.2, 0.25) is 0 Å². The van der Waals surface area contributed by atoms with Gasteiger partial charge in [0.1, 0.15) is 0 Å². The largest absolute Gasteiger partial charge is 0.365 e. The monoisotopic (exact) mass is 226 g/mol. The summed E-state index contributed by atoms with van der Waals surface area (Å²) < 4.78 is 13.4. The molecule has 0 bridgehead atoms. The van der Waals surface area contributed by atoms with Crippen molar-refractivity contribution >= 4 is 11.8 Å². The highest BCUT2D eigenvalue weighted by atomic mass is 19.1. The highest BCUT2D eigenvalue weighted by Crippen LogP contribution is 2.14. The van der Waals surface area contributed by atoms with E-state index in [1.54, 1.807) is 0 Å². The molecule has 16 heavy (non-hydrogen) atoms. The minimum Gasteiger partial charge on any atom is -0.365 e. The highest BCUT2D eigenvalue weighted by Gasteiger charge is 2.09. The number of nitrogens with one attached hydrogen (secondary N) is 2. The molecule has 2 N–H and O–H groups in total. The van der Waals surface area contributed by atoms with Crippen LogP contribution >= 0.6 is 0 Å². The van der Waals surface area contributed by atoms with Gasteiger partial charge in [0.15, 0.2) is 11.6 Å². The summed E-state index contributed by atoms with van der Waals surface area (Å²) in [6.45, 7) is 6.77. The highest BCUT2D eigenvalue weighted by molar-refractivity contribution is 5.41. The topological polar surface area (TPSA) is 49.8 Å². The maximum Gasteiger partial charge on any atom is 0.224 e. The molecule has 0 saturated carbocycles. The maximum atomic E-state index is 13.4. The first-order chi connectivity index (χ1) is 7.67. The van der Waals surface area contributed by atoms with Gasteiger partial charge >= 0.3 is 0 Å². The Labute approximate surface area is 95.7 Å². The molecule has 90 valence electrons. The molecule has 0 saturated heterocycles. The molecule has 0 aromatic carbocycles. The molecule has 5 heteroatoms. The van der Waals surface area contributed by atoms with Gasteiger partial charge in [-0.2, -0.15) is 4.98 Å². The first kappa shape index (κ1) is 12.7. The molecular weight excluding hydrogens is 207 g/mol. The minimum atomic E-state index is -0.412. The lowest BCUT2D eigenvalue weighted by Crippen LogP contribution is -2.17. The molecule has 1 atom stereocenters. The molecule has 1 rings (SSSR count). The van der Waals surface area contributed by atoms with E-state index in [-0.39, 0.29) is 11.9 Å². The minimum absolute atomic E-state index is 0.212. The lowest BCUT2D eigenvalue weighted by atomic mass is 10.2. The quantitative estimate of drug-likeness (QED) is 0.783. The zero-order valence-electron chi connectivity index (χ0n) is 10.0. The fourth-order valence-electron chi connectivity index (χ4n) is 1.45. The lowest BCUT2D eigenvalue weighted by molar-refractivity contribution is 0.607. The Balaban J connectivity index is 2.73. The second-order valence-corrected chi connectivity index (χ2v) is 3.75. The average Bonchev–Trinajstić information content (AvgIpc) is 2.24. The fraction of sp³-hybridized carbons (Fsp3) is 0.636. The molecule has 0 aliphatic heterocycles. The Bertz CT molecular complexity index is 330. The Morgan fingerprint density at radius 2 is 2.19 bits per heavy atom. The maximum absolute atomic E-state index is 13.4. The third-order valence-electron chi connectivity index (χ3n) is 2.18. The van der Waals surface area contributed by atoms with Crippen LogP contribution in [-0.2, 0) is 0 Å². The molecular formula is C11H19FN4. The molecule has 0 aliphatic carbocycles. The van der Waals surface area contributed by atoms with Crippen LogP contribution in [0, 0.1) is 5.82 Å². The van der Waals surface area contributed by atoms with Crippen molar-refractivity contribution in [3.63, 3.8) is 0 Å². The van der Waals surface area contributed by atoms with Gasteiger partial charge in [-0.3, -0.25) is 0 Å². The van der Waals surface area contributed by atoms with E-state index < -0.39 is 5.82 Å². The second-order valence-electron chi connectivity index (χ2n) is 3.75. The molecule has 1 heterocycles. The summed E-state index contributed by atoms with van der Waals surface area (Å²) in [4.78, 5) is 7.92. The second kappa shape index (κ2) is 6.25. The fourth-order valence-corrected chi connectivity index (χ4v) is 1.45. The molecule has 1 aromatic heterocycles. The SMILES string of the molecule is CCCC(C)Nc1nc(NCC)ncc1F. The van der Waals surface area contributed by atoms with Gasteiger partial charge in [0.05, 0.1) is 6.20 Å². The number of rotatable bonds is 6. The van der Waals surface area contributed by atoms with Crippen molar-refractivity contribution < 1.29 is 4.39 Å². The molecule has 0 aliphatic rings. The van der Waals surface area contributed by atoms with Gasteiger partial charge in [-0.25, -0.2) is 9.37 Å². The number of aromatic nitrogens is 2. The number of hydrogen-bond donors (Lipinski definition) is 2. The number of halogens is 1. The van der Waals surface area contributed by atoms with Crippen LogP contribution in [0.4, 0.5) is 16.2 Å². The molecule has 0 fully saturated rings. The Kier molecular flexibility index (Phi) is 4.95. The molecule has 0 amide bonds. The summed E-state index contributed by atoms with van der Waals surface area (Å²) in [5, 5.41) is 6.00. The van der Waals surface area contributed by atoms with Crippen LogP contribution in [0.25, 0.3) is 0 Å². The number of anilines is 2. The lowest BCUT2D eigenvalue weighted by Gasteiger charge is -2.14. The van der Waals surface area contributed by atoms with Crippen molar-refractivity contribution in [1.82, 2.24) is 9.97 Å². The van der Waals surface area contributed by atoms with Crippen LogP contribution < -0.4 is 10.6 Å². The van der Waals surface area contributed by atoms with E-state index in [1.165, 1.54) is 6.20 Å². The first-order valence-corrected chi connectivity index (χ1v) is 5.70. The third-order valence-corrected chi connectivity index (χ3v) is 2.18. The van der Waals surface area contributed by atoms with Crippen molar-refractivity contribution in [3.05, 3.63) is 12.0 Å². The standard InChI is InChI=1S/C11H19FN4/c1-4-6-8(3)15-10-9(12)7-14-11(16-10)13-5-2/h7-8H,4-6H2,1-3H3,(H2,13,14,15,16). The van der Waals surface area contributed by atoms with Gasteiger partial charge in [-0.05, 0) is 20.3 Å². The van der Waals surface area contributed by atoms with Gasteiger partial charge < -0.3 is 10.6 Å². The molecule has 1 unspecified atom stereocenters. The van der Waals surface area contributed by atoms with Gasteiger partial charge in [-0.1, -0.05) is 13.3 Å². The van der Waals surface area contributed by atoms with Crippen molar-refractivity contribution in [1.29, 1.82) is 0 Å². The molecule has 4 nitrogen and oxygen atoms in total. The van der Waals surface area contributed by atoms with Crippen molar-refractivity contribution in [2.45, 2.75) is 39.7 Å². The Hall–Kier alpha value is -1.39. The van der Waals surface area contributed by atoms with Gasteiger partial charge in [0.2, 0.25) is 5.95 Å². The van der Waals surface area contributed by atoms with Crippen molar-refractivity contribution in [3.8, 4) is 0 Å². The van der Waals surface area contributed by atoms with Gasteiger partial charge in [0.25, 0.3) is 0 Å². The van der Waals surface area contributed by atoms with Crippen LogP contribution in [0.15, 0.2) is 6.20 Å². The van der Waals surface area contributed by atoms with E-state index in [9.17, 15) is 4.39 Å². The van der Waals surface area contributed by atoms with Crippen molar-refractivity contribution in [2.24, 2.45) is 0 Å². The summed E-state index contributed by atoms with van der Waals surface area (Å²) in [7, 11) is 0. The summed E-state index contributed by atoms with van der Waals surface area (Å²) in [6, 6.07) is 0.212. The van der Waals surface area contributed by atoms with E-state index in [4.69, 9.17) is 0 Å². The molecule has 1 aromatic rings. The Morgan fingerprint density at radius 1 is 1.44 bits per heavy atom. The van der Waals surface area contributed by atoms with E-state index >= 15 is 0 Å². The molecule has 0 spiro atoms. The van der Waals surface area contributed by atoms with E-state index in [0.29, 0.717) is 5.95 Å². The number of hydrogen-bond acceptors (Lipinski definition) is 4. The zero-order valence-corrected chi connectivity index (χ0v) is 10.0. The predicted molar refractivity (Wildman–Crippen MR) is 64.1 cm³/mol. The summed E-state index contributed by atoms with van der Waals surface area (Å²) in [6.07, 6.45) is 3.23. The van der Waals surface area contributed by atoms with Crippen LogP contribution in [0.1, 0.15) is 33.6 Å². The Morgan fingerprint density at radius 3 is 2.81 bits per heavy atom. The zero-order chi connectivity index (χ0) is 12.0. The van der Waals surface area contributed by atoms with Crippen LogP contribution in [0.3, 0.4) is 0 Å². The summed E-state index contributed by atoms with van der Waals surface area (Å²) in [5.74, 6) is 0.312. The van der Waals surface area contributed by atoms with E-state index in [0.717, 1.165) is 19.4 Å². The van der Waals surface area contributed by atoms with E-state index in [1.807, 2.05) is 13.8 Å². The third kappa shape index (κ3) is 3.64. The molecule has 0 radical (unpaired) electrons. The van der Waals surface area contributed by atoms with Crippen molar-refractivity contribution in [2.75, 3.05) is 17.2 Å². The van der Waals surface area contributed by atoms with Crippen LogP contribution in [0.5, 0.6) is 0 Å². The number of nitrogens with zero attached hydrogens (tertiary/aromatic N) is 2. The average molecular weight is 226 g/mol. The smallest absolute Gasteiger partial charge is 0.224 e. The van der Waals surface area contributed by atoms with E-state index in [2.05, 4.69) is 27.5 Å². The van der Waals surface area contributed by atoms with Gasteiger partial charge in [-0.15, -0.1) is 0 Å². The first-order valence-electron chi connectivity index (χ1n) is 5.70. The predicted octanol–water partition coefficient (Wildman–Crippen LogP) is 2.65. The normalized spacial score (nSPS) is 12.2. The van der Waals surface area contributed by atoms with Crippen LogP contribution in [-0.4, -0.2) is 22.6 Å². The summed E-state index contributed by atoms with van der Waals surface area (Å²) in [5.41, 5.74) is 0.